The maximum absolute atomic E-state index is 12.4. The third kappa shape index (κ3) is 5.50. The molecule has 1 unspecified atom stereocenters. The maximum atomic E-state index is 12.4. The molecule has 6 nitrogen and oxygen atoms in total. The minimum Gasteiger partial charge on any atom is -0.333 e. The highest BCUT2D eigenvalue weighted by atomic mass is 32.2. The van der Waals surface area contributed by atoms with Gasteiger partial charge in [0.05, 0.1) is 10.9 Å². The lowest BCUT2D eigenvalue weighted by Crippen LogP contribution is -2.49. The molecule has 1 aromatic rings. The molecular weight excluding hydrogens is 348 g/mol. The number of carbonyl (C=O) groups is 2. The third-order valence-corrected chi connectivity index (χ3v) is 5.74. The molecule has 1 fully saturated rings. The van der Waals surface area contributed by atoms with Crippen molar-refractivity contribution in [3.05, 3.63) is 11.4 Å². The van der Waals surface area contributed by atoms with Gasteiger partial charge in [-0.15, -0.1) is 0 Å². The van der Waals surface area contributed by atoms with E-state index in [-0.39, 0.29) is 11.4 Å². The van der Waals surface area contributed by atoms with Crippen molar-refractivity contribution in [2.45, 2.75) is 95.6 Å². The van der Waals surface area contributed by atoms with E-state index in [0.29, 0.717) is 6.04 Å². The SMILES string of the molecule is Cc1nc(SC(C)C(=O)NC(=O)NC(C)(C)C)n(C2CCCCC2)c1C. The van der Waals surface area contributed by atoms with Gasteiger partial charge in [0.15, 0.2) is 5.16 Å². The van der Waals surface area contributed by atoms with Crippen molar-refractivity contribution >= 4 is 23.7 Å². The van der Waals surface area contributed by atoms with Crippen LogP contribution in [0, 0.1) is 13.8 Å². The molecule has 0 aromatic carbocycles. The number of hydrogen-bond acceptors (Lipinski definition) is 4. The second-order valence-electron chi connectivity index (χ2n) is 8.18. The number of aromatic nitrogens is 2. The van der Waals surface area contributed by atoms with Gasteiger partial charge in [-0.1, -0.05) is 31.0 Å². The zero-order valence-electron chi connectivity index (χ0n) is 16.8. The first-order chi connectivity index (χ1) is 12.1. The zero-order valence-corrected chi connectivity index (χ0v) is 17.6. The molecule has 0 bridgehead atoms. The van der Waals surface area contributed by atoms with Crippen molar-refractivity contribution in [2.24, 2.45) is 0 Å². The minimum atomic E-state index is -0.460. The van der Waals surface area contributed by atoms with Gasteiger partial charge >= 0.3 is 6.03 Å². The first-order valence-corrected chi connectivity index (χ1v) is 10.3. The summed E-state index contributed by atoms with van der Waals surface area (Å²) < 4.78 is 2.30. The van der Waals surface area contributed by atoms with Crippen LogP contribution in [0.5, 0.6) is 0 Å². The van der Waals surface area contributed by atoms with E-state index in [1.54, 1.807) is 0 Å². The van der Waals surface area contributed by atoms with Gasteiger partial charge in [-0.3, -0.25) is 10.1 Å². The summed E-state index contributed by atoms with van der Waals surface area (Å²) in [5.74, 6) is -0.301. The van der Waals surface area contributed by atoms with E-state index >= 15 is 0 Å². The molecule has 0 radical (unpaired) electrons. The average molecular weight is 381 g/mol. The van der Waals surface area contributed by atoms with E-state index in [1.807, 2.05) is 34.6 Å². The number of thioether (sulfide) groups is 1. The van der Waals surface area contributed by atoms with E-state index < -0.39 is 11.3 Å². The highest BCUT2D eigenvalue weighted by Crippen LogP contribution is 2.35. The molecule has 1 aromatic heterocycles. The molecule has 0 aliphatic heterocycles. The molecule has 1 saturated carbocycles. The Labute approximate surface area is 160 Å². The lowest BCUT2D eigenvalue weighted by molar-refractivity contribution is -0.119. The number of imidazole rings is 1. The van der Waals surface area contributed by atoms with Crippen LogP contribution in [0.4, 0.5) is 4.79 Å². The highest BCUT2D eigenvalue weighted by molar-refractivity contribution is 8.00. The summed E-state index contributed by atoms with van der Waals surface area (Å²) in [5.41, 5.74) is 1.81. The first-order valence-electron chi connectivity index (χ1n) is 9.43. The summed E-state index contributed by atoms with van der Waals surface area (Å²) >= 11 is 1.43. The number of nitrogens with zero attached hydrogens (tertiary/aromatic N) is 2. The minimum absolute atomic E-state index is 0.301. The quantitative estimate of drug-likeness (QED) is 0.771. The molecule has 1 heterocycles. The van der Waals surface area contributed by atoms with Crippen molar-refractivity contribution in [1.82, 2.24) is 20.2 Å². The Kier molecular flexibility index (Phi) is 6.77. The van der Waals surface area contributed by atoms with E-state index in [1.165, 1.54) is 49.6 Å². The van der Waals surface area contributed by atoms with Crippen LogP contribution in [0.3, 0.4) is 0 Å². The fraction of sp³-hybridized carbons (Fsp3) is 0.737. The lowest BCUT2D eigenvalue weighted by atomic mass is 9.95. The summed E-state index contributed by atoms with van der Waals surface area (Å²) in [7, 11) is 0. The van der Waals surface area contributed by atoms with Gasteiger partial charge in [0.2, 0.25) is 5.91 Å². The monoisotopic (exact) mass is 380 g/mol. The van der Waals surface area contributed by atoms with Crippen LogP contribution in [-0.4, -0.2) is 32.3 Å². The number of aryl methyl sites for hydroxylation is 1. The average Bonchev–Trinajstić information content (AvgIpc) is 2.80. The Morgan fingerprint density at radius 2 is 1.81 bits per heavy atom. The summed E-state index contributed by atoms with van der Waals surface area (Å²) in [4.78, 5) is 29.0. The van der Waals surface area contributed by atoms with E-state index in [0.717, 1.165) is 10.9 Å². The van der Waals surface area contributed by atoms with Gasteiger partial charge in [-0.2, -0.15) is 0 Å². The standard InChI is InChI=1S/C19H32N4O2S/c1-12-13(2)23(15-10-8-7-9-11-15)18(20-12)26-14(3)16(24)21-17(25)22-19(4,5)6/h14-15H,7-11H2,1-6H3,(H2,21,22,24,25). The van der Waals surface area contributed by atoms with Crippen molar-refractivity contribution in [2.75, 3.05) is 0 Å². The van der Waals surface area contributed by atoms with Crippen molar-refractivity contribution in [1.29, 1.82) is 0 Å². The van der Waals surface area contributed by atoms with Gasteiger partial charge in [-0.25, -0.2) is 9.78 Å². The molecular formula is C19H32N4O2S. The molecule has 1 atom stereocenters. The van der Waals surface area contributed by atoms with Crippen LogP contribution < -0.4 is 10.6 Å². The lowest BCUT2D eigenvalue weighted by Gasteiger charge is -2.26. The Hall–Kier alpha value is -1.50. The van der Waals surface area contributed by atoms with Crippen LogP contribution in [0.25, 0.3) is 0 Å². The molecule has 146 valence electrons. The highest BCUT2D eigenvalue weighted by Gasteiger charge is 2.26. The van der Waals surface area contributed by atoms with Gasteiger partial charge in [0.1, 0.15) is 0 Å². The molecule has 2 N–H and O–H groups in total. The smallest absolute Gasteiger partial charge is 0.321 e. The fourth-order valence-electron chi connectivity index (χ4n) is 3.25. The summed E-state index contributed by atoms with van der Waals surface area (Å²) in [5, 5.41) is 5.66. The molecule has 26 heavy (non-hydrogen) atoms. The van der Waals surface area contributed by atoms with E-state index in [2.05, 4.69) is 22.1 Å². The number of carbonyl (C=O) groups excluding carboxylic acids is 2. The molecule has 1 aliphatic carbocycles. The maximum Gasteiger partial charge on any atom is 0.321 e. The van der Waals surface area contributed by atoms with Crippen LogP contribution >= 0.6 is 11.8 Å². The van der Waals surface area contributed by atoms with E-state index in [9.17, 15) is 9.59 Å². The van der Waals surface area contributed by atoms with Gasteiger partial charge < -0.3 is 9.88 Å². The van der Waals surface area contributed by atoms with Gasteiger partial charge in [0.25, 0.3) is 0 Å². The number of amides is 3. The second kappa shape index (κ2) is 8.46. The van der Waals surface area contributed by atoms with Crippen LogP contribution in [0.2, 0.25) is 0 Å². The number of rotatable bonds is 4. The Balaban J connectivity index is 2.06. The molecule has 0 saturated heterocycles. The van der Waals surface area contributed by atoms with Gasteiger partial charge in [0, 0.05) is 17.3 Å². The third-order valence-electron chi connectivity index (χ3n) is 4.67. The summed E-state index contributed by atoms with van der Waals surface area (Å²) in [6.07, 6.45) is 6.12. The zero-order chi connectivity index (χ0) is 19.5. The van der Waals surface area contributed by atoms with E-state index in [4.69, 9.17) is 4.98 Å². The van der Waals surface area contributed by atoms with Crippen molar-refractivity contribution in [3.8, 4) is 0 Å². The predicted octanol–water partition coefficient (Wildman–Crippen LogP) is 4.11. The predicted molar refractivity (Wildman–Crippen MR) is 106 cm³/mol. The Morgan fingerprint density at radius 1 is 1.19 bits per heavy atom. The van der Waals surface area contributed by atoms with Crippen LogP contribution in [0.1, 0.15) is 77.2 Å². The van der Waals surface area contributed by atoms with Crippen molar-refractivity contribution < 1.29 is 9.59 Å². The summed E-state index contributed by atoms with van der Waals surface area (Å²) in [6.45, 7) is 11.6. The van der Waals surface area contributed by atoms with Crippen LogP contribution in [0.15, 0.2) is 5.16 Å². The second-order valence-corrected chi connectivity index (χ2v) is 9.49. The number of nitrogens with one attached hydrogen (secondary N) is 2. The molecule has 7 heteroatoms. The Bertz CT molecular complexity index is 657. The molecule has 3 amide bonds. The van der Waals surface area contributed by atoms with Crippen molar-refractivity contribution in [3.63, 3.8) is 0 Å². The fourth-order valence-corrected chi connectivity index (χ4v) is 4.32. The number of hydrogen-bond donors (Lipinski definition) is 2. The molecule has 0 spiro atoms. The topological polar surface area (TPSA) is 76.0 Å². The normalized spacial score (nSPS) is 17.0. The first kappa shape index (κ1) is 20.8. The molecule has 2 rings (SSSR count). The Morgan fingerprint density at radius 3 is 2.38 bits per heavy atom. The number of urea groups is 1. The largest absolute Gasteiger partial charge is 0.333 e. The van der Waals surface area contributed by atoms with Crippen LogP contribution in [-0.2, 0) is 4.79 Å². The van der Waals surface area contributed by atoms with Gasteiger partial charge in [-0.05, 0) is 54.4 Å². The number of imide groups is 1. The summed E-state index contributed by atoms with van der Waals surface area (Å²) in [6, 6.07) is 0.00448. The molecule has 1 aliphatic rings.